The van der Waals surface area contributed by atoms with E-state index < -0.39 is 0 Å². The van der Waals surface area contributed by atoms with Gasteiger partial charge in [0.15, 0.2) is 0 Å². The molecule has 3 rings (SSSR count). The van der Waals surface area contributed by atoms with Crippen LogP contribution < -0.4 is 9.47 Å². The zero-order valence-corrected chi connectivity index (χ0v) is 17.7. The van der Waals surface area contributed by atoms with Gasteiger partial charge in [0.2, 0.25) is 0 Å². The van der Waals surface area contributed by atoms with Gasteiger partial charge in [-0.05, 0) is 53.6 Å². The highest BCUT2D eigenvalue weighted by Gasteiger charge is 2.18. The Morgan fingerprint density at radius 1 is 0.759 bits per heavy atom. The van der Waals surface area contributed by atoms with Crippen molar-refractivity contribution in [3.8, 4) is 11.5 Å². The molecule has 0 saturated heterocycles. The Labute approximate surface area is 180 Å². The van der Waals surface area contributed by atoms with Crippen LogP contribution in [-0.4, -0.2) is 25.0 Å². The number of carbonyl (C=O) groups excluding carboxylic acids is 1. The van der Waals surface area contributed by atoms with Crippen LogP contribution in [0.15, 0.2) is 66.7 Å². The molecule has 0 bridgehead atoms. The van der Waals surface area contributed by atoms with E-state index in [1.54, 1.807) is 37.3 Å². The highest BCUT2D eigenvalue weighted by molar-refractivity contribution is 6.42. The molecule has 1 amide bonds. The average molecular weight is 430 g/mol. The van der Waals surface area contributed by atoms with Gasteiger partial charge < -0.3 is 14.4 Å². The van der Waals surface area contributed by atoms with Crippen LogP contribution in [0.4, 0.5) is 0 Å². The standard InChI is InChI=1S/C23H21Cl2NO3/c1-28-19-8-3-16(4-9-19)14-26(15-17-5-10-20(29-2)11-6-17)23(27)18-7-12-21(24)22(25)13-18/h3-13H,14-15H2,1-2H3. The normalized spacial score (nSPS) is 10.5. The smallest absolute Gasteiger partial charge is 0.254 e. The van der Waals surface area contributed by atoms with E-state index in [1.165, 1.54) is 0 Å². The van der Waals surface area contributed by atoms with Crippen LogP contribution in [0.5, 0.6) is 11.5 Å². The summed E-state index contributed by atoms with van der Waals surface area (Å²) < 4.78 is 10.4. The summed E-state index contributed by atoms with van der Waals surface area (Å²) in [5, 5.41) is 0.770. The molecule has 0 unspecified atom stereocenters. The van der Waals surface area contributed by atoms with E-state index >= 15 is 0 Å². The molecule has 4 nitrogen and oxygen atoms in total. The number of hydrogen-bond donors (Lipinski definition) is 0. The van der Waals surface area contributed by atoms with Gasteiger partial charge in [-0.1, -0.05) is 47.5 Å². The van der Waals surface area contributed by atoms with Crippen molar-refractivity contribution < 1.29 is 14.3 Å². The molecule has 0 atom stereocenters. The minimum absolute atomic E-state index is 0.129. The second-order valence-corrected chi connectivity index (χ2v) is 7.30. The summed E-state index contributed by atoms with van der Waals surface area (Å²) in [5.41, 5.74) is 2.47. The summed E-state index contributed by atoms with van der Waals surface area (Å²) in [6.45, 7) is 0.879. The monoisotopic (exact) mass is 429 g/mol. The molecule has 3 aromatic carbocycles. The molecule has 29 heavy (non-hydrogen) atoms. The molecule has 0 radical (unpaired) electrons. The molecule has 150 valence electrons. The molecular weight excluding hydrogens is 409 g/mol. The fourth-order valence-corrected chi connectivity index (χ4v) is 3.21. The Balaban J connectivity index is 1.87. The summed E-state index contributed by atoms with van der Waals surface area (Å²) in [6.07, 6.45) is 0. The van der Waals surface area contributed by atoms with Crippen molar-refractivity contribution in [3.05, 3.63) is 93.5 Å². The lowest BCUT2D eigenvalue weighted by molar-refractivity contribution is 0.0730. The summed E-state index contributed by atoms with van der Waals surface area (Å²) in [5.74, 6) is 1.41. The second kappa shape index (κ2) is 9.68. The highest BCUT2D eigenvalue weighted by Crippen LogP contribution is 2.25. The van der Waals surface area contributed by atoms with E-state index in [-0.39, 0.29) is 5.91 Å². The van der Waals surface area contributed by atoms with Crippen molar-refractivity contribution in [1.29, 1.82) is 0 Å². The number of nitrogens with zero attached hydrogens (tertiary/aromatic N) is 1. The van der Waals surface area contributed by atoms with Crippen LogP contribution in [0.3, 0.4) is 0 Å². The number of halogens is 2. The predicted molar refractivity (Wildman–Crippen MR) is 116 cm³/mol. The number of methoxy groups -OCH3 is 2. The summed E-state index contributed by atoms with van der Waals surface area (Å²) >= 11 is 12.1. The lowest BCUT2D eigenvalue weighted by Gasteiger charge is -2.24. The maximum absolute atomic E-state index is 13.2. The minimum atomic E-state index is -0.129. The number of ether oxygens (including phenoxy) is 2. The number of benzene rings is 3. The Hall–Kier alpha value is -2.69. The first kappa shape index (κ1) is 21.0. The van der Waals surface area contributed by atoms with Crippen LogP contribution in [0.25, 0.3) is 0 Å². The number of carbonyl (C=O) groups is 1. The Bertz CT molecular complexity index is 923. The fourth-order valence-electron chi connectivity index (χ4n) is 2.91. The van der Waals surface area contributed by atoms with Crippen LogP contribution in [0.1, 0.15) is 21.5 Å². The van der Waals surface area contributed by atoms with Crippen molar-refractivity contribution in [2.45, 2.75) is 13.1 Å². The summed E-state index contributed by atoms with van der Waals surface area (Å²) in [4.78, 5) is 15.0. The van der Waals surface area contributed by atoms with E-state index in [1.807, 2.05) is 48.5 Å². The molecule has 0 aliphatic heterocycles. The van der Waals surface area contributed by atoms with Crippen LogP contribution in [0.2, 0.25) is 10.0 Å². The summed E-state index contributed by atoms with van der Waals surface area (Å²) in [6, 6.07) is 20.2. The van der Waals surface area contributed by atoms with Gasteiger partial charge in [-0.3, -0.25) is 4.79 Å². The molecule has 0 aliphatic carbocycles. The topological polar surface area (TPSA) is 38.8 Å². The molecule has 3 aromatic rings. The Morgan fingerprint density at radius 2 is 1.24 bits per heavy atom. The first-order valence-electron chi connectivity index (χ1n) is 9.00. The minimum Gasteiger partial charge on any atom is -0.497 e. The number of rotatable bonds is 7. The van der Waals surface area contributed by atoms with Crippen LogP contribution in [-0.2, 0) is 13.1 Å². The predicted octanol–water partition coefficient (Wildman–Crippen LogP) is 5.85. The molecule has 6 heteroatoms. The SMILES string of the molecule is COc1ccc(CN(Cc2ccc(OC)cc2)C(=O)c2ccc(Cl)c(Cl)c2)cc1. The third kappa shape index (κ3) is 5.43. The van der Waals surface area contributed by atoms with E-state index in [2.05, 4.69) is 0 Å². The van der Waals surface area contributed by atoms with Crippen molar-refractivity contribution in [2.24, 2.45) is 0 Å². The van der Waals surface area contributed by atoms with Gasteiger partial charge in [0.25, 0.3) is 5.91 Å². The van der Waals surface area contributed by atoms with E-state index in [0.29, 0.717) is 28.7 Å². The zero-order valence-electron chi connectivity index (χ0n) is 16.2. The summed E-state index contributed by atoms with van der Waals surface area (Å²) in [7, 11) is 3.25. The maximum Gasteiger partial charge on any atom is 0.254 e. The van der Waals surface area contributed by atoms with Gasteiger partial charge in [0.1, 0.15) is 11.5 Å². The van der Waals surface area contributed by atoms with E-state index in [9.17, 15) is 4.79 Å². The van der Waals surface area contributed by atoms with Gasteiger partial charge in [0, 0.05) is 18.7 Å². The fraction of sp³-hybridized carbons (Fsp3) is 0.174. The van der Waals surface area contributed by atoms with Crippen molar-refractivity contribution in [3.63, 3.8) is 0 Å². The van der Waals surface area contributed by atoms with Crippen molar-refractivity contribution in [1.82, 2.24) is 4.90 Å². The zero-order chi connectivity index (χ0) is 20.8. The average Bonchev–Trinajstić information content (AvgIpc) is 2.75. The van der Waals surface area contributed by atoms with Gasteiger partial charge in [-0.15, -0.1) is 0 Å². The largest absolute Gasteiger partial charge is 0.497 e. The molecule has 0 fully saturated rings. The Kier molecular flexibility index (Phi) is 7.02. The molecule has 0 spiro atoms. The molecule has 0 heterocycles. The van der Waals surface area contributed by atoms with Gasteiger partial charge in [0.05, 0.1) is 24.3 Å². The lowest BCUT2D eigenvalue weighted by Crippen LogP contribution is -2.30. The molecule has 0 N–H and O–H groups in total. The molecule has 0 aliphatic rings. The third-order valence-electron chi connectivity index (χ3n) is 4.52. The van der Waals surface area contributed by atoms with Crippen LogP contribution >= 0.6 is 23.2 Å². The van der Waals surface area contributed by atoms with Crippen LogP contribution in [0, 0.1) is 0 Å². The second-order valence-electron chi connectivity index (χ2n) is 6.49. The first-order chi connectivity index (χ1) is 14.0. The first-order valence-corrected chi connectivity index (χ1v) is 9.76. The Morgan fingerprint density at radius 3 is 1.66 bits per heavy atom. The van der Waals surface area contributed by atoms with Crippen molar-refractivity contribution >= 4 is 29.1 Å². The van der Waals surface area contributed by atoms with Gasteiger partial charge in [-0.2, -0.15) is 0 Å². The quantitative estimate of drug-likeness (QED) is 0.472. The molecule has 0 aromatic heterocycles. The van der Waals surface area contributed by atoms with Crippen molar-refractivity contribution in [2.75, 3.05) is 14.2 Å². The highest BCUT2D eigenvalue weighted by atomic mass is 35.5. The molecule has 0 saturated carbocycles. The third-order valence-corrected chi connectivity index (χ3v) is 5.26. The number of amides is 1. The van der Waals surface area contributed by atoms with E-state index in [4.69, 9.17) is 32.7 Å². The lowest BCUT2D eigenvalue weighted by atomic mass is 10.1. The maximum atomic E-state index is 13.2. The van der Waals surface area contributed by atoms with Gasteiger partial charge >= 0.3 is 0 Å². The van der Waals surface area contributed by atoms with Gasteiger partial charge in [-0.25, -0.2) is 0 Å². The molecular formula is C23H21Cl2NO3. The number of hydrogen-bond acceptors (Lipinski definition) is 3. The van der Waals surface area contributed by atoms with E-state index in [0.717, 1.165) is 22.6 Å².